The van der Waals surface area contributed by atoms with Crippen LogP contribution in [0.4, 0.5) is 5.82 Å². The van der Waals surface area contributed by atoms with Gasteiger partial charge in [-0.3, -0.25) is 0 Å². The molecule has 0 saturated carbocycles. The Bertz CT molecular complexity index is 626. The Labute approximate surface area is 125 Å². The van der Waals surface area contributed by atoms with E-state index in [1.54, 1.807) is 7.11 Å². The molecule has 0 fully saturated rings. The van der Waals surface area contributed by atoms with Crippen molar-refractivity contribution in [3.05, 3.63) is 46.9 Å². The predicted molar refractivity (Wildman–Crippen MR) is 84.5 cm³/mol. The van der Waals surface area contributed by atoms with Gasteiger partial charge in [0.2, 0.25) is 0 Å². The van der Waals surface area contributed by atoms with E-state index in [-0.39, 0.29) is 0 Å². The number of aromatic nitrogens is 2. The summed E-state index contributed by atoms with van der Waals surface area (Å²) in [7, 11) is 1.67. The first-order valence-corrected chi connectivity index (χ1v) is 7.02. The van der Waals surface area contributed by atoms with Crippen LogP contribution in [0, 0.1) is 6.92 Å². The summed E-state index contributed by atoms with van der Waals surface area (Å²) in [5.41, 5.74) is 5.76. The third-order valence-corrected chi connectivity index (χ3v) is 3.44. The summed E-state index contributed by atoms with van der Waals surface area (Å²) in [6.07, 6.45) is 0.609. The van der Waals surface area contributed by atoms with Crippen LogP contribution in [0.1, 0.15) is 42.4 Å². The zero-order chi connectivity index (χ0) is 15.4. The number of aryl methyl sites for hydroxylation is 1. The van der Waals surface area contributed by atoms with Gasteiger partial charge in [-0.2, -0.15) is 0 Å². The Hall–Kier alpha value is -2.14. The Kier molecular flexibility index (Phi) is 4.75. The molecule has 0 aliphatic rings. The Morgan fingerprint density at radius 3 is 2.57 bits per heavy atom. The molecule has 5 nitrogen and oxygen atoms in total. The average Bonchev–Trinajstić information content (AvgIpc) is 2.46. The van der Waals surface area contributed by atoms with Crippen molar-refractivity contribution >= 4 is 5.82 Å². The molecule has 1 heterocycles. The Balaban J connectivity index is 2.39. The standard InChI is InChI=1S/C16H22N4O/c1-10(2)15-11(3)18-14(19-16(15)20-17)9-12-7-5-6-8-13(12)21-4/h5-8,10H,9,17H2,1-4H3,(H,18,19,20). The summed E-state index contributed by atoms with van der Waals surface area (Å²) in [5.74, 6) is 8.20. The van der Waals surface area contributed by atoms with Crippen LogP contribution in [0.3, 0.4) is 0 Å². The van der Waals surface area contributed by atoms with Crippen molar-refractivity contribution < 1.29 is 4.74 Å². The van der Waals surface area contributed by atoms with Crippen LogP contribution in [-0.2, 0) is 6.42 Å². The molecule has 2 rings (SSSR count). The minimum Gasteiger partial charge on any atom is -0.496 e. The molecule has 3 N–H and O–H groups in total. The van der Waals surface area contributed by atoms with E-state index in [0.29, 0.717) is 18.2 Å². The molecule has 0 aliphatic carbocycles. The fourth-order valence-electron chi connectivity index (χ4n) is 2.54. The number of nitrogens with one attached hydrogen (secondary N) is 1. The van der Waals surface area contributed by atoms with Crippen molar-refractivity contribution in [1.82, 2.24) is 9.97 Å². The third kappa shape index (κ3) is 3.31. The number of hydrogen-bond donors (Lipinski definition) is 2. The number of ether oxygens (including phenoxy) is 1. The molecule has 0 bridgehead atoms. The molecule has 0 aliphatic heterocycles. The summed E-state index contributed by atoms with van der Waals surface area (Å²) in [6, 6.07) is 7.88. The van der Waals surface area contributed by atoms with Crippen molar-refractivity contribution in [2.45, 2.75) is 33.1 Å². The first-order valence-electron chi connectivity index (χ1n) is 7.02. The maximum absolute atomic E-state index is 5.61. The van der Waals surface area contributed by atoms with Gasteiger partial charge >= 0.3 is 0 Å². The molecule has 0 saturated heterocycles. The van der Waals surface area contributed by atoms with Crippen LogP contribution < -0.4 is 16.0 Å². The number of methoxy groups -OCH3 is 1. The summed E-state index contributed by atoms with van der Waals surface area (Å²) in [4.78, 5) is 9.15. The highest BCUT2D eigenvalue weighted by Crippen LogP contribution is 2.26. The molecular weight excluding hydrogens is 264 g/mol. The molecule has 1 aromatic heterocycles. The molecule has 0 unspecified atom stereocenters. The molecule has 2 aromatic rings. The van der Waals surface area contributed by atoms with Gasteiger partial charge in [0.25, 0.3) is 0 Å². The van der Waals surface area contributed by atoms with Gasteiger partial charge < -0.3 is 10.2 Å². The number of anilines is 1. The van der Waals surface area contributed by atoms with Crippen LogP contribution in [0.5, 0.6) is 5.75 Å². The van der Waals surface area contributed by atoms with E-state index in [9.17, 15) is 0 Å². The maximum atomic E-state index is 5.61. The summed E-state index contributed by atoms with van der Waals surface area (Å²) < 4.78 is 5.37. The van der Waals surface area contributed by atoms with Gasteiger partial charge in [0, 0.05) is 23.2 Å². The predicted octanol–water partition coefficient (Wildman–Crippen LogP) is 2.79. The van der Waals surface area contributed by atoms with E-state index >= 15 is 0 Å². The highest BCUT2D eigenvalue weighted by Gasteiger charge is 2.15. The lowest BCUT2D eigenvalue weighted by Gasteiger charge is -2.16. The van der Waals surface area contributed by atoms with Crippen LogP contribution in [0.15, 0.2) is 24.3 Å². The Morgan fingerprint density at radius 1 is 1.24 bits per heavy atom. The SMILES string of the molecule is COc1ccccc1Cc1nc(C)c(C(C)C)c(NN)n1. The summed E-state index contributed by atoms with van der Waals surface area (Å²) in [6.45, 7) is 6.20. The smallest absolute Gasteiger partial charge is 0.147 e. The number of nitrogens with two attached hydrogens (primary N) is 1. The fraction of sp³-hybridized carbons (Fsp3) is 0.375. The monoisotopic (exact) mass is 286 g/mol. The van der Waals surface area contributed by atoms with E-state index in [1.165, 1.54) is 0 Å². The Morgan fingerprint density at radius 2 is 1.95 bits per heavy atom. The normalized spacial score (nSPS) is 10.8. The molecule has 21 heavy (non-hydrogen) atoms. The van der Waals surface area contributed by atoms with Gasteiger partial charge in [0.1, 0.15) is 17.4 Å². The topological polar surface area (TPSA) is 73.1 Å². The lowest BCUT2D eigenvalue weighted by molar-refractivity contribution is 0.410. The molecule has 0 amide bonds. The van der Waals surface area contributed by atoms with E-state index in [0.717, 1.165) is 28.4 Å². The van der Waals surface area contributed by atoms with Crippen molar-refractivity contribution in [3.63, 3.8) is 0 Å². The van der Waals surface area contributed by atoms with Crippen LogP contribution in [0.2, 0.25) is 0 Å². The van der Waals surface area contributed by atoms with Gasteiger partial charge in [0.05, 0.1) is 7.11 Å². The number of rotatable bonds is 5. The van der Waals surface area contributed by atoms with Crippen molar-refractivity contribution in [1.29, 1.82) is 0 Å². The number of hydrazine groups is 1. The van der Waals surface area contributed by atoms with Crippen molar-refractivity contribution in [3.8, 4) is 5.75 Å². The second kappa shape index (κ2) is 6.54. The van der Waals surface area contributed by atoms with Gasteiger partial charge in [-0.05, 0) is 18.9 Å². The number of nitrogen functional groups attached to an aromatic ring is 1. The molecule has 0 radical (unpaired) electrons. The van der Waals surface area contributed by atoms with Crippen LogP contribution >= 0.6 is 0 Å². The molecule has 1 aromatic carbocycles. The van der Waals surface area contributed by atoms with E-state index in [1.807, 2.05) is 31.2 Å². The summed E-state index contributed by atoms with van der Waals surface area (Å²) in [5, 5.41) is 0. The lowest BCUT2D eigenvalue weighted by atomic mass is 10.0. The van der Waals surface area contributed by atoms with E-state index < -0.39 is 0 Å². The van der Waals surface area contributed by atoms with E-state index in [4.69, 9.17) is 10.6 Å². The fourth-order valence-corrected chi connectivity index (χ4v) is 2.54. The quantitative estimate of drug-likeness (QED) is 0.653. The van der Waals surface area contributed by atoms with Crippen molar-refractivity contribution in [2.24, 2.45) is 5.84 Å². The molecule has 0 atom stereocenters. The number of benzene rings is 1. The first-order chi connectivity index (χ1) is 10.1. The van der Waals surface area contributed by atoms with Gasteiger partial charge in [-0.25, -0.2) is 15.8 Å². The van der Waals surface area contributed by atoms with Gasteiger partial charge in [-0.15, -0.1) is 0 Å². The third-order valence-electron chi connectivity index (χ3n) is 3.44. The zero-order valence-corrected chi connectivity index (χ0v) is 13.0. The molecule has 5 heteroatoms. The molecule has 0 spiro atoms. The van der Waals surface area contributed by atoms with Crippen LogP contribution in [-0.4, -0.2) is 17.1 Å². The molecule has 112 valence electrons. The van der Waals surface area contributed by atoms with Gasteiger partial charge in [0.15, 0.2) is 0 Å². The maximum Gasteiger partial charge on any atom is 0.147 e. The first kappa shape index (κ1) is 15.3. The van der Waals surface area contributed by atoms with Crippen molar-refractivity contribution in [2.75, 3.05) is 12.5 Å². The second-order valence-electron chi connectivity index (χ2n) is 5.28. The minimum atomic E-state index is 0.316. The number of para-hydroxylation sites is 1. The second-order valence-corrected chi connectivity index (χ2v) is 5.28. The van der Waals surface area contributed by atoms with Gasteiger partial charge in [-0.1, -0.05) is 32.0 Å². The number of nitrogens with zero attached hydrogens (tertiary/aromatic N) is 2. The highest BCUT2D eigenvalue weighted by molar-refractivity contribution is 5.48. The molecular formula is C16H22N4O. The highest BCUT2D eigenvalue weighted by atomic mass is 16.5. The minimum absolute atomic E-state index is 0.316. The lowest BCUT2D eigenvalue weighted by Crippen LogP contribution is -2.16. The van der Waals surface area contributed by atoms with E-state index in [2.05, 4.69) is 29.2 Å². The average molecular weight is 286 g/mol. The summed E-state index contributed by atoms with van der Waals surface area (Å²) >= 11 is 0. The zero-order valence-electron chi connectivity index (χ0n) is 13.0. The largest absolute Gasteiger partial charge is 0.496 e. The number of hydrogen-bond acceptors (Lipinski definition) is 5. The van der Waals surface area contributed by atoms with Crippen LogP contribution in [0.25, 0.3) is 0 Å².